The molecular formula is C17H12ClNO4S. The number of carbonyl (C=O) groups is 1. The number of phenolic OH excluding ortho intramolecular Hbond substituents is 2. The Hall–Kier alpha value is -2.57. The van der Waals surface area contributed by atoms with Crippen LogP contribution in [0, 0.1) is 0 Å². The van der Waals surface area contributed by atoms with Crippen molar-refractivity contribution >= 4 is 28.9 Å². The number of nitrogens with zero attached hydrogens (tertiary/aromatic N) is 1. The Morgan fingerprint density at radius 2 is 1.92 bits per heavy atom. The van der Waals surface area contributed by atoms with Gasteiger partial charge in [-0.15, -0.1) is 11.3 Å². The molecule has 0 atom stereocenters. The molecule has 0 unspecified atom stereocenters. The highest BCUT2D eigenvalue weighted by Gasteiger charge is 2.14. The van der Waals surface area contributed by atoms with Crippen LogP contribution in [0.15, 0.2) is 47.8 Å². The molecule has 0 radical (unpaired) electrons. The maximum absolute atomic E-state index is 12.0. The van der Waals surface area contributed by atoms with Crippen molar-refractivity contribution < 1.29 is 19.7 Å². The molecule has 0 spiro atoms. The summed E-state index contributed by atoms with van der Waals surface area (Å²) in [4.78, 5) is 16.4. The fourth-order valence-electron chi connectivity index (χ4n) is 2.01. The van der Waals surface area contributed by atoms with Crippen molar-refractivity contribution in [1.29, 1.82) is 0 Å². The number of carbonyl (C=O) groups excluding carboxylic acids is 1. The molecule has 24 heavy (non-hydrogen) atoms. The lowest BCUT2D eigenvalue weighted by molar-refractivity contribution is 0.0465. The molecule has 1 heterocycles. The third-order valence-corrected chi connectivity index (χ3v) is 4.39. The standard InChI is InChI=1S/C17H12ClNO4S/c18-11-3-1-10(2-4-11)16-19-12(9-24-16)8-23-17(22)14-6-5-13(20)7-15(14)21/h1-7,9,20-21H,8H2. The van der Waals surface area contributed by atoms with Gasteiger partial charge in [-0.1, -0.05) is 23.7 Å². The highest BCUT2D eigenvalue weighted by molar-refractivity contribution is 7.13. The van der Waals surface area contributed by atoms with Crippen molar-refractivity contribution in [2.75, 3.05) is 0 Å². The number of aromatic nitrogens is 1. The largest absolute Gasteiger partial charge is 0.508 e. The molecule has 0 aliphatic carbocycles. The molecular weight excluding hydrogens is 350 g/mol. The van der Waals surface area contributed by atoms with Gasteiger partial charge in [-0.05, 0) is 24.3 Å². The minimum Gasteiger partial charge on any atom is -0.508 e. The normalized spacial score (nSPS) is 10.5. The number of ether oxygens (including phenoxy) is 1. The van der Waals surface area contributed by atoms with Crippen molar-refractivity contribution in [2.45, 2.75) is 6.61 Å². The third-order valence-electron chi connectivity index (χ3n) is 3.20. The van der Waals surface area contributed by atoms with Gasteiger partial charge in [0.2, 0.25) is 0 Å². The van der Waals surface area contributed by atoms with Crippen LogP contribution in [0.3, 0.4) is 0 Å². The predicted octanol–water partition coefficient (Wildman–Crippen LogP) is 4.23. The number of benzene rings is 2. The lowest BCUT2D eigenvalue weighted by Crippen LogP contribution is -2.05. The summed E-state index contributed by atoms with van der Waals surface area (Å²) in [5.74, 6) is -1.15. The molecule has 0 aliphatic heterocycles. The second-order valence-corrected chi connectivity index (χ2v) is 6.22. The van der Waals surface area contributed by atoms with Crippen molar-refractivity contribution in [3.05, 3.63) is 64.1 Å². The molecule has 5 nitrogen and oxygen atoms in total. The van der Waals surface area contributed by atoms with Gasteiger partial charge < -0.3 is 14.9 Å². The first kappa shape index (κ1) is 16.3. The van der Waals surface area contributed by atoms with E-state index in [0.717, 1.165) is 16.6 Å². The molecule has 0 bridgehead atoms. The second kappa shape index (κ2) is 6.90. The number of rotatable bonds is 4. The van der Waals surface area contributed by atoms with E-state index in [4.69, 9.17) is 16.3 Å². The van der Waals surface area contributed by atoms with Crippen LogP contribution in [-0.2, 0) is 11.3 Å². The summed E-state index contributed by atoms with van der Waals surface area (Å²) in [6, 6.07) is 11.0. The summed E-state index contributed by atoms with van der Waals surface area (Å²) in [6.07, 6.45) is 0. The molecule has 2 aromatic carbocycles. The van der Waals surface area contributed by atoms with Crippen molar-refractivity contribution in [2.24, 2.45) is 0 Å². The highest BCUT2D eigenvalue weighted by Crippen LogP contribution is 2.26. The first-order chi connectivity index (χ1) is 11.5. The fraction of sp³-hybridized carbons (Fsp3) is 0.0588. The van der Waals surface area contributed by atoms with E-state index in [-0.39, 0.29) is 23.7 Å². The van der Waals surface area contributed by atoms with Gasteiger partial charge in [-0.2, -0.15) is 0 Å². The lowest BCUT2D eigenvalue weighted by Gasteiger charge is -2.05. The Kier molecular flexibility index (Phi) is 4.69. The molecule has 7 heteroatoms. The number of aromatic hydroxyl groups is 2. The molecule has 0 saturated heterocycles. The average molecular weight is 362 g/mol. The van der Waals surface area contributed by atoms with Crippen molar-refractivity contribution in [3.63, 3.8) is 0 Å². The van der Waals surface area contributed by atoms with Crippen LogP contribution in [0.1, 0.15) is 16.1 Å². The average Bonchev–Trinajstić information content (AvgIpc) is 3.02. The number of esters is 1. The predicted molar refractivity (Wildman–Crippen MR) is 91.5 cm³/mol. The van der Waals surface area contributed by atoms with Gasteiger partial charge in [0.1, 0.15) is 28.7 Å². The van der Waals surface area contributed by atoms with E-state index in [0.29, 0.717) is 10.7 Å². The molecule has 3 aromatic rings. The number of thiazole rings is 1. The molecule has 0 fully saturated rings. The lowest BCUT2D eigenvalue weighted by atomic mass is 10.2. The van der Waals surface area contributed by atoms with E-state index in [9.17, 15) is 15.0 Å². The summed E-state index contributed by atoms with van der Waals surface area (Å²) >= 11 is 7.29. The fourth-order valence-corrected chi connectivity index (χ4v) is 2.94. The van der Waals surface area contributed by atoms with Crippen LogP contribution in [0.4, 0.5) is 0 Å². The smallest absolute Gasteiger partial charge is 0.342 e. The van der Waals surface area contributed by atoms with E-state index in [2.05, 4.69) is 4.98 Å². The summed E-state index contributed by atoms with van der Waals surface area (Å²) < 4.78 is 5.15. The molecule has 0 saturated carbocycles. The number of hydrogen-bond acceptors (Lipinski definition) is 6. The van der Waals surface area contributed by atoms with Crippen LogP contribution in [0.25, 0.3) is 10.6 Å². The van der Waals surface area contributed by atoms with E-state index in [1.54, 1.807) is 17.5 Å². The van der Waals surface area contributed by atoms with Crippen LogP contribution in [0.2, 0.25) is 5.02 Å². The monoisotopic (exact) mass is 361 g/mol. The van der Waals surface area contributed by atoms with Crippen molar-refractivity contribution in [1.82, 2.24) is 4.98 Å². The van der Waals surface area contributed by atoms with E-state index in [1.165, 1.54) is 23.5 Å². The minimum atomic E-state index is -0.687. The topological polar surface area (TPSA) is 79.7 Å². The Labute approximate surface area is 146 Å². The van der Waals surface area contributed by atoms with E-state index >= 15 is 0 Å². The summed E-state index contributed by atoms with van der Waals surface area (Å²) in [5.41, 5.74) is 1.52. The SMILES string of the molecule is O=C(OCc1csc(-c2ccc(Cl)cc2)n1)c1ccc(O)cc1O. The summed E-state index contributed by atoms with van der Waals surface area (Å²) in [5, 5.41) is 22.1. The van der Waals surface area contributed by atoms with Gasteiger partial charge in [-0.3, -0.25) is 0 Å². The van der Waals surface area contributed by atoms with Gasteiger partial charge in [0.25, 0.3) is 0 Å². The zero-order chi connectivity index (χ0) is 17.1. The van der Waals surface area contributed by atoms with Gasteiger partial charge in [-0.25, -0.2) is 9.78 Å². The Bertz CT molecular complexity index is 877. The van der Waals surface area contributed by atoms with Crippen LogP contribution >= 0.6 is 22.9 Å². The van der Waals surface area contributed by atoms with Crippen LogP contribution < -0.4 is 0 Å². The summed E-state index contributed by atoms with van der Waals surface area (Å²) in [7, 11) is 0. The van der Waals surface area contributed by atoms with Gasteiger partial charge in [0.15, 0.2) is 0 Å². The van der Waals surface area contributed by atoms with E-state index in [1.807, 2.05) is 12.1 Å². The number of hydrogen-bond donors (Lipinski definition) is 2. The molecule has 122 valence electrons. The van der Waals surface area contributed by atoms with E-state index < -0.39 is 5.97 Å². The maximum Gasteiger partial charge on any atom is 0.342 e. The Morgan fingerprint density at radius 3 is 2.62 bits per heavy atom. The van der Waals surface area contributed by atoms with Gasteiger partial charge in [0, 0.05) is 22.0 Å². The summed E-state index contributed by atoms with van der Waals surface area (Å²) in [6.45, 7) is -0.0107. The maximum atomic E-state index is 12.0. The molecule has 0 aliphatic rings. The Balaban J connectivity index is 1.67. The van der Waals surface area contributed by atoms with Gasteiger partial charge in [0.05, 0.1) is 5.69 Å². The molecule has 3 rings (SSSR count). The quantitative estimate of drug-likeness (QED) is 0.680. The first-order valence-corrected chi connectivity index (χ1v) is 8.18. The molecule has 1 aromatic heterocycles. The minimum absolute atomic E-state index is 0.0107. The van der Waals surface area contributed by atoms with Crippen LogP contribution in [-0.4, -0.2) is 21.2 Å². The third kappa shape index (κ3) is 3.67. The number of halogens is 1. The number of phenols is 2. The van der Waals surface area contributed by atoms with Crippen molar-refractivity contribution in [3.8, 4) is 22.1 Å². The zero-order valence-electron chi connectivity index (χ0n) is 12.3. The Morgan fingerprint density at radius 1 is 1.17 bits per heavy atom. The highest BCUT2D eigenvalue weighted by atomic mass is 35.5. The van der Waals surface area contributed by atoms with Crippen LogP contribution in [0.5, 0.6) is 11.5 Å². The molecule has 0 amide bonds. The zero-order valence-corrected chi connectivity index (χ0v) is 13.8. The van der Waals surface area contributed by atoms with Gasteiger partial charge >= 0.3 is 5.97 Å². The molecule has 2 N–H and O–H groups in total. The first-order valence-electron chi connectivity index (χ1n) is 6.92. The second-order valence-electron chi connectivity index (χ2n) is 4.93.